The number of carbonyl (C=O) groups is 5. The van der Waals surface area contributed by atoms with E-state index in [4.69, 9.17) is 23.7 Å². The minimum Gasteiger partial charge on any atom is -0.463 e. The molecule has 0 radical (unpaired) electrons. The molecule has 11 aliphatic rings. The van der Waals surface area contributed by atoms with Crippen molar-refractivity contribution in [1.82, 2.24) is 0 Å². The second kappa shape index (κ2) is 21.1. The van der Waals surface area contributed by atoms with Gasteiger partial charge < -0.3 is 28.8 Å². The first-order valence-corrected chi connectivity index (χ1v) is 32.5. The number of carbonyl (C=O) groups excluding carboxylic acids is 5. The number of cyclic esters (lactones) is 1. The predicted molar refractivity (Wildman–Crippen MR) is 307 cm³/mol. The van der Waals surface area contributed by atoms with E-state index in [1.807, 2.05) is 67.6 Å². The van der Waals surface area contributed by atoms with Crippen molar-refractivity contribution < 1.29 is 52.8 Å². The lowest BCUT2D eigenvalue weighted by Gasteiger charge is -2.60. The molecule has 10 atom stereocenters. The number of aliphatic hydroxyl groups is 1. The third kappa shape index (κ3) is 10.7. The third-order valence-electron chi connectivity index (χ3n) is 22.7. The topological polar surface area (TPSA) is 152 Å². The maximum absolute atomic E-state index is 16.0. The Hall–Kier alpha value is -4.68. The Morgan fingerprint density at radius 3 is 1.70 bits per heavy atom. The Kier molecular flexibility index (Phi) is 14.8. The normalized spacial score (nSPS) is 36.4. The Labute approximate surface area is 483 Å². The van der Waals surface area contributed by atoms with E-state index in [1.54, 1.807) is 27.7 Å². The Morgan fingerprint density at radius 2 is 1.16 bits per heavy atom. The lowest BCUT2D eigenvalue weighted by atomic mass is 9.49. The number of rotatable bonds is 20. The standard InChI is InChI=1S/C69H89O11S/c1-8-69(50-29-44-27-45(31-50)32-51(69)30-44)80-61(73)64(5,38-56-43(2)48-19-20-49(56)33-48)40-66(7,60(72)78-57-25-26-76-58(57)70)41-65(6,62(74)79-68-36-46-28-47(37-68)35-67(75,34-46)42-68)39-63(3,4)59(71)77-52-21-23-55(24-22-52)81(53-15-11-9-12-16-53)54-17-13-10-14-18-54/h9-18,21-24,43-51,56-57,75H,8,19-20,25-42H2,1-7H3/q+1. The van der Waals surface area contributed by atoms with Gasteiger partial charge in [-0.15, -0.1) is 0 Å². The van der Waals surface area contributed by atoms with E-state index < -0.39 is 79.3 Å². The third-order valence-corrected chi connectivity index (χ3v) is 24.9. The first-order chi connectivity index (χ1) is 38.5. The fourth-order valence-corrected chi connectivity index (χ4v) is 22.0. The molecule has 10 unspecified atom stereocenters. The fraction of sp³-hybridized carbons (Fsp3) is 0.667. The molecule has 10 aliphatic carbocycles. The fourth-order valence-electron chi connectivity index (χ4n) is 19.9. The molecule has 81 heavy (non-hydrogen) atoms. The lowest BCUT2D eigenvalue weighted by Crippen LogP contribution is -2.61. The zero-order chi connectivity index (χ0) is 56.9. The van der Waals surface area contributed by atoms with Crippen LogP contribution in [0.2, 0.25) is 0 Å². The maximum atomic E-state index is 16.0. The van der Waals surface area contributed by atoms with Crippen molar-refractivity contribution in [2.24, 2.45) is 80.8 Å². The van der Waals surface area contributed by atoms with Gasteiger partial charge >= 0.3 is 29.8 Å². The SMILES string of the molecule is CCC1(OC(=O)C(C)(CC2C3CCC(C3)C2C)CC(C)(CC(C)(CC(C)(C)C(=O)Oc2ccc([S+](c3ccccc3)c3ccccc3)cc2)C(=O)OC23CC4CC(CC(O)(C4)C2)C3)C(=O)OC2CCOC2=O)C2CC3CC(C2)CC1C3. The van der Waals surface area contributed by atoms with Crippen molar-refractivity contribution in [1.29, 1.82) is 0 Å². The number of esters is 5. The van der Waals surface area contributed by atoms with Crippen LogP contribution >= 0.6 is 0 Å². The van der Waals surface area contributed by atoms with Gasteiger partial charge in [-0.2, -0.15) is 0 Å². The van der Waals surface area contributed by atoms with Crippen LogP contribution in [0.15, 0.2) is 99.6 Å². The Bertz CT molecular complexity index is 2780. The molecule has 12 heteroatoms. The van der Waals surface area contributed by atoms with Crippen molar-refractivity contribution in [3.8, 4) is 5.75 Å². The highest BCUT2D eigenvalue weighted by molar-refractivity contribution is 7.97. The van der Waals surface area contributed by atoms with Crippen LogP contribution in [0, 0.1) is 80.8 Å². The van der Waals surface area contributed by atoms with Crippen LogP contribution in [0.5, 0.6) is 5.75 Å². The minimum absolute atomic E-state index is 0.0107. The van der Waals surface area contributed by atoms with E-state index in [-0.39, 0.29) is 56.0 Å². The average molecular weight is 1130 g/mol. The van der Waals surface area contributed by atoms with E-state index in [0.29, 0.717) is 85.7 Å². The zero-order valence-corrected chi connectivity index (χ0v) is 50.0. The summed E-state index contributed by atoms with van der Waals surface area (Å²) in [5, 5.41) is 11.9. The first-order valence-electron chi connectivity index (χ1n) is 31.2. The van der Waals surface area contributed by atoms with Gasteiger partial charge in [0.1, 0.15) is 17.0 Å². The highest BCUT2D eigenvalue weighted by Crippen LogP contribution is 2.64. The molecule has 0 spiro atoms. The molecular weight excluding hydrogens is 1040 g/mol. The highest BCUT2D eigenvalue weighted by Gasteiger charge is 2.64. The average Bonchev–Trinajstić information content (AvgIpc) is 3.35. The summed E-state index contributed by atoms with van der Waals surface area (Å²) in [6.07, 6.45) is 13.0. The van der Waals surface area contributed by atoms with Crippen molar-refractivity contribution in [3.05, 3.63) is 84.9 Å². The molecule has 3 aromatic carbocycles. The van der Waals surface area contributed by atoms with E-state index >= 15 is 14.4 Å². The van der Waals surface area contributed by atoms with Gasteiger partial charge in [0.25, 0.3) is 0 Å². The quantitative estimate of drug-likeness (QED) is 0.0498. The highest BCUT2D eigenvalue weighted by atomic mass is 32.2. The summed E-state index contributed by atoms with van der Waals surface area (Å²) in [5.74, 6) is 1.66. The summed E-state index contributed by atoms with van der Waals surface area (Å²) in [7, 11) is -0.418. The van der Waals surface area contributed by atoms with Gasteiger partial charge in [0, 0.05) is 12.8 Å². The molecule has 436 valence electrons. The van der Waals surface area contributed by atoms with Gasteiger partial charge in [0.15, 0.2) is 14.7 Å². The summed E-state index contributed by atoms with van der Waals surface area (Å²) in [4.78, 5) is 79.3. The summed E-state index contributed by atoms with van der Waals surface area (Å²) in [6.45, 7) is 13.8. The zero-order valence-electron chi connectivity index (χ0n) is 49.2. The van der Waals surface area contributed by atoms with Gasteiger partial charge in [0.05, 0.1) is 44.8 Å². The monoisotopic (exact) mass is 1130 g/mol. The molecule has 1 saturated heterocycles. The Balaban J connectivity index is 0.890. The molecule has 10 saturated carbocycles. The molecule has 14 rings (SSSR count). The second-order valence-corrected chi connectivity index (χ2v) is 31.6. The van der Waals surface area contributed by atoms with Crippen LogP contribution < -0.4 is 4.74 Å². The Morgan fingerprint density at radius 1 is 0.617 bits per heavy atom. The smallest absolute Gasteiger partial charge is 0.347 e. The van der Waals surface area contributed by atoms with Crippen LogP contribution in [-0.2, 0) is 53.8 Å². The molecule has 10 bridgehead atoms. The maximum Gasteiger partial charge on any atom is 0.347 e. The first kappa shape index (κ1) is 56.8. The van der Waals surface area contributed by atoms with Crippen LogP contribution in [0.25, 0.3) is 0 Å². The lowest BCUT2D eigenvalue weighted by molar-refractivity contribution is -0.228. The predicted octanol–water partition coefficient (Wildman–Crippen LogP) is 13.6. The molecule has 11 fully saturated rings. The molecule has 0 aromatic heterocycles. The summed E-state index contributed by atoms with van der Waals surface area (Å²) >= 11 is 0. The molecule has 11 nitrogen and oxygen atoms in total. The number of ether oxygens (including phenoxy) is 5. The summed E-state index contributed by atoms with van der Waals surface area (Å²) < 4.78 is 32.2. The van der Waals surface area contributed by atoms with Crippen LogP contribution in [-0.4, -0.2) is 64.5 Å². The minimum atomic E-state index is -1.60. The van der Waals surface area contributed by atoms with Crippen LogP contribution in [0.1, 0.15) is 177 Å². The second-order valence-electron chi connectivity index (χ2n) is 29.6. The molecular formula is C69H89O11S+. The van der Waals surface area contributed by atoms with Crippen LogP contribution in [0.3, 0.4) is 0 Å². The van der Waals surface area contributed by atoms with E-state index in [9.17, 15) is 14.7 Å². The van der Waals surface area contributed by atoms with Crippen molar-refractivity contribution in [3.63, 3.8) is 0 Å². The molecule has 1 heterocycles. The van der Waals surface area contributed by atoms with Crippen molar-refractivity contribution >= 4 is 40.7 Å². The molecule has 1 N–H and O–H groups in total. The van der Waals surface area contributed by atoms with Gasteiger partial charge in [-0.05, 0) is 258 Å². The van der Waals surface area contributed by atoms with E-state index in [0.717, 1.165) is 66.1 Å². The molecule has 1 aliphatic heterocycles. The number of hydrogen-bond donors (Lipinski definition) is 1. The number of benzene rings is 3. The van der Waals surface area contributed by atoms with Crippen LogP contribution in [0.4, 0.5) is 0 Å². The van der Waals surface area contributed by atoms with E-state index in [1.165, 1.54) is 12.8 Å². The molecule has 3 aromatic rings. The van der Waals surface area contributed by atoms with Gasteiger partial charge in [-0.3, -0.25) is 19.2 Å². The van der Waals surface area contributed by atoms with Gasteiger partial charge in [-0.25, -0.2) is 4.79 Å². The van der Waals surface area contributed by atoms with Crippen molar-refractivity contribution in [2.45, 2.75) is 214 Å². The summed E-state index contributed by atoms with van der Waals surface area (Å²) in [6, 6.07) is 28.4. The van der Waals surface area contributed by atoms with Gasteiger partial charge in [0.2, 0.25) is 6.10 Å². The largest absolute Gasteiger partial charge is 0.463 e. The number of fused-ring (bicyclic) bond motifs is 2. The van der Waals surface area contributed by atoms with E-state index in [2.05, 4.69) is 38.1 Å². The summed E-state index contributed by atoms with van der Waals surface area (Å²) in [5.41, 5.74) is -8.14. The van der Waals surface area contributed by atoms with Crippen molar-refractivity contribution in [2.75, 3.05) is 6.61 Å². The van der Waals surface area contributed by atoms with Gasteiger partial charge in [-0.1, -0.05) is 50.2 Å². The molecule has 0 amide bonds. The number of hydrogen-bond acceptors (Lipinski definition) is 11.